The molecule has 1 aromatic carbocycles. The lowest BCUT2D eigenvalue weighted by Gasteiger charge is -2.38. The van der Waals surface area contributed by atoms with Crippen molar-refractivity contribution in [3.63, 3.8) is 0 Å². The van der Waals surface area contributed by atoms with Crippen molar-refractivity contribution < 1.29 is 0 Å². The largest absolute Gasteiger partial charge is 0.366 e. The van der Waals surface area contributed by atoms with E-state index in [1.807, 2.05) is 60.4 Å². The average molecular weight is 485 g/mol. The molecule has 1 aliphatic carbocycles. The third kappa shape index (κ3) is 5.18. The lowest BCUT2D eigenvalue weighted by Crippen LogP contribution is -2.41. The Morgan fingerprint density at radius 2 is 1.92 bits per heavy atom. The summed E-state index contributed by atoms with van der Waals surface area (Å²) in [5.41, 5.74) is 11.1. The van der Waals surface area contributed by atoms with Gasteiger partial charge in [-0.1, -0.05) is 31.5 Å². The number of rotatable bonds is 7. The maximum absolute atomic E-state index is 6.24. The van der Waals surface area contributed by atoms with Gasteiger partial charge in [0.2, 0.25) is 0 Å². The van der Waals surface area contributed by atoms with Crippen LogP contribution >= 0.6 is 0 Å². The molecule has 188 valence electrons. The van der Waals surface area contributed by atoms with Gasteiger partial charge in [0.05, 0.1) is 17.5 Å². The summed E-state index contributed by atoms with van der Waals surface area (Å²) < 4.78 is 3.62. The van der Waals surface area contributed by atoms with E-state index in [4.69, 9.17) is 15.7 Å². The number of nitrogens with two attached hydrogens (primary N) is 1. The lowest BCUT2D eigenvalue weighted by atomic mass is 9.75. The molecule has 4 unspecified atom stereocenters. The highest BCUT2D eigenvalue weighted by Gasteiger charge is 2.32. The zero-order chi connectivity index (χ0) is 25.2. The van der Waals surface area contributed by atoms with Gasteiger partial charge in [-0.2, -0.15) is 10.2 Å². The fraction of sp³-hybridized carbons (Fsp3) is 0.429. The van der Waals surface area contributed by atoms with Crippen LogP contribution in [0, 0.1) is 11.8 Å². The van der Waals surface area contributed by atoms with E-state index in [0.29, 0.717) is 23.7 Å². The summed E-state index contributed by atoms with van der Waals surface area (Å²) in [7, 11) is 3.85. The molecular weight excluding hydrogens is 448 g/mol. The van der Waals surface area contributed by atoms with Crippen molar-refractivity contribution in [2.75, 3.05) is 5.32 Å². The highest BCUT2D eigenvalue weighted by Crippen LogP contribution is 2.36. The van der Waals surface area contributed by atoms with Crippen LogP contribution in [0.1, 0.15) is 39.5 Å². The fourth-order valence-corrected chi connectivity index (χ4v) is 5.47. The number of anilines is 1. The van der Waals surface area contributed by atoms with Gasteiger partial charge in [0.1, 0.15) is 5.82 Å². The zero-order valence-corrected chi connectivity index (χ0v) is 21.6. The number of nitrogens with zero attached hydrogens (tertiary/aromatic N) is 6. The molecule has 36 heavy (non-hydrogen) atoms. The van der Waals surface area contributed by atoms with Crippen LogP contribution in [0.25, 0.3) is 33.8 Å². The van der Waals surface area contributed by atoms with E-state index in [-0.39, 0.29) is 6.04 Å². The normalized spacial score (nSPS) is 20.9. The third-order valence-electron chi connectivity index (χ3n) is 7.27. The predicted octanol–water partition coefficient (Wildman–Crippen LogP) is 4.90. The van der Waals surface area contributed by atoms with Crippen molar-refractivity contribution >= 4 is 5.82 Å². The summed E-state index contributed by atoms with van der Waals surface area (Å²) in [6.45, 7) is 4.44. The second kappa shape index (κ2) is 10.2. The Bertz CT molecular complexity index is 1320. The van der Waals surface area contributed by atoms with E-state index in [9.17, 15) is 0 Å². The fourth-order valence-electron chi connectivity index (χ4n) is 5.47. The zero-order valence-electron chi connectivity index (χ0n) is 21.6. The molecule has 0 spiro atoms. The first-order valence-corrected chi connectivity index (χ1v) is 12.9. The van der Waals surface area contributed by atoms with E-state index in [2.05, 4.69) is 47.6 Å². The Morgan fingerprint density at radius 1 is 1.08 bits per heavy atom. The maximum Gasteiger partial charge on any atom is 0.161 e. The van der Waals surface area contributed by atoms with Gasteiger partial charge in [-0.15, -0.1) is 0 Å². The third-order valence-corrected chi connectivity index (χ3v) is 7.27. The maximum atomic E-state index is 6.24. The predicted molar refractivity (Wildman–Crippen MR) is 144 cm³/mol. The Hall–Kier alpha value is -3.52. The monoisotopic (exact) mass is 484 g/mol. The molecule has 4 aromatic rings. The highest BCUT2D eigenvalue weighted by atomic mass is 15.3. The minimum atomic E-state index is 0.177. The first-order valence-electron chi connectivity index (χ1n) is 12.9. The van der Waals surface area contributed by atoms with Crippen LogP contribution in [-0.4, -0.2) is 41.6 Å². The van der Waals surface area contributed by atoms with Gasteiger partial charge in [0.25, 0.3) is 0 Å². The molecule has 3 heterocycles. The molecule has 3 aromatic heterocycles. The van der Waals surface area contributed by atoms with Crippen LogP contribution in [0.5, 0.6) is 0 Å². The Labute approximate surface area is 213 Å². The molecule has 1 saturated carbocycles. The molecule has 0 aliphatic heterocycles. The number of benzene rings is 1. The highest BCUT2D eigenvalue weighted by molar-refractivity contribution is 5.75. The molecule has 1 aliphatic rings. The van der Waals surface area contributed by atoms with Gasteiger partial charge >= 0.3 is 0 Å². The van der Waals surface area contributed by atoms with Crippen molar-refractivity contribution in [3.05, 3.63) is 55.1 Å². The van der Waals surface area contributed by atoms with E-state index in [1.54, 1.807) is 0 Å². The van der Waals surface area contributed by atoms with Crippen LogP contribution in [-0.2, 0) is 14.1 Å². The molecular formula is C28H36N8. The minimum Gasteiger partial charge on any atom is -0.366 e. The summed E-state index contributed by atoms with van der Waals surface area (Å²) in [5.74, 6) is 2.57. The van der Waals surface area contributed by atoms with Crippen LogP contribution in [0.15, 0.2) is 55.1 Å². The van der Waals surface area contributed by atoms with Crippen LogP contribution in [0.4, 0.5) is 5.82 Å². The molecule has 3 N–H and O–H groups in total. The van der Waals surface area contributed by atoms with Gasteiger partial charge in [-0.25, -0.2) is 9.97 Å². The van der Waals surface area contributed by atoms with Crippen molar-refractivity contribution in [2.45, 2.75) is 51.6 Å². The second-order valence-corrected chi connectivity index (χ2v) is 10.4. The molecule has 5 rings (SSSR count). The van der Waals surface area contributed by atoms with Crippen LogP contribution < -0.4 is 11.1 Å². The SMILES string of the molecule is CC(N)CC1CCCC(C)C1Nc1nc(-c2cccc(-c3cnn(C)c3)c2)ncc1-c1ccn(C)n1. The molecule has 1 fully saturated rings. The summed E-state index contributed by atoms with van der Waals surface area (Å²) in [4.78, 5) is 9.86. The smallest absolute Gasteiger partial charge is 0.161 e. The summed E-state index contributed by atoms with van der Waals surface area (Å²) in [6, 6.07) is 10.8. The van der Waals surface area contributed by atoms with Gasteiger partial charge in [0.15, 0.2) is 5.82 Å². The molecule has 4 atom stereocenters. The Balaban J connectivity index is 1.54. The number of aromatic nitrogens is 6. The second-order valence-electron chi connectivity index (χ2n) is 10.4. The molecule has 0 bridgehead atoms. The molecule has 8 heteroatoms. The van der Waals surface area contributed by atoms with E-state index in [1.165, 1.54) is 19.3 Å². The molecule has 0 amide bonds. The van der Waals surface area contributed by atoms with Crippen molar-refractivity contribution in [2.24, 2.45) is 31.7 Å². The van der Waals surface area contributed by atoms with Crippen LogP contribution in [0.3, 0.4) is 0 Å². The van der Waals surface area contributed by atoms with E-state index in [0.717, 1.165) is 40.2 Å². The molecule has 0 saturated heterocycles. The Kier molecular flexibility index (Phi) is 6.87. The van der Waals surface area contributed by atoms with Crippen molar-refractivity contribution in [1.29, 1.82) is 0 Å². The molecule has 0 radical (unpaired) electrons. The number of nitrogens with one attached hydrogen (secondary N) is 1. The van der Waals surface area contributed by atoms with Gasteiger partial charge in [-0.3, -0.25) is 9.36 Å². The van der Waals surface area contributed by atoms with Crippen LogP contribution in [0.2, 0.25) is 0 Å². The number of hydrogen-bond donors (Lipinski definition) is 2. The summed E-state index contributed by atoms with van der Waals surface area (Å²) in [6.07, 6.45) is 12.4. The van der Waals surface area contributed by atoms with Gasteiger partial charge < -0.3 is 11.1 Å². The van der Waals surface area contributed by atoms with Crippen molar-refractivity contribution in [1.82, 2.24) is 29.5 Å². The van der Waals surface area contributed by atoms with E-state index < -0.39 is 0 Å². The lowest BCUT2D eigenvalue weighted by molar-refractivity contribution is 0.231. The standard InChI is InChI=1S/C28H36N8/c1-18-7-5-9-21(13-19(2)29)26(18)32-28-24(25-11-12-35(3)34-25)16-30-27(33-28)22-10-6-8-20(14-22)23-15-31-36(4)17-23/h6,8,10-12,14-19,21,26H,5,7,9,13,29H2,1-4H3,(H,30,32,33). The van der Waals surface area contributed by atoms with E-state index >= 15 is 0 Å². The van der Waals surface area contributed by atoms with Gasteiger partial charge in [-0.05, 0) is 55.7 Å². The van der Waals surface area contributed by atoms with Gasteiger partial charge in [0, 0.05) is 55.9 Å². The summed E-state index contributed by atoms with van der Waals surface area (Å²) >= 11 is 0. The quantitative estimate of drug-likeness (QED) is 0.387. The minimum absolute atomic E-state index is 0.177. The first kappa shape index (κ1) is 24.2. The van der Waals surface area contributed by atoms with Crippen molar-refractivity contribution in [3.8, 4) is 33.8 Å². The Morgan fingerprint density at radius 3 is 2.64 bits per heavy atom. The number of hydrogen-bond acceptors (Lipinski definition) is 6. The topological polar surface area (TPSA) is 99.5 Å². The first-order chi connectivity index (χ1) is 17.4. The average Bonchev–Trinajstić information content (AvgIpc) is 3.49. The number of aryl methyl sites for hydroxylation is 2. The molecule has 8 nitrogen and oxygen atoms in total. The summed E-state index contributed by atoms with van der Waals surface area (Å²) in [5, 5.41) is 12.8.